The van der Waals surface area contributed by atoms with Gasteiger partial charge in [-0.1, -0.05) is 18.0 Å². The van der Waals surface area contributed by atoms with Gasteiger partial charge in [0.15, 0.2) is 5.82 Å². The van der Waals surface area contributed by atoms with Crippen molar-refractivity contribution in [1.82, 2.24) is 10.1 Å². The molecule has 1 amide bonds. The van der Waals surface area contributed by atoms with Crippen molar-refractivity contribution < 1.29 is 9.32 Å². The molecule has 21 heavy (non-hydrogen) atoms. The molecule has 5 nitrogen and oxygen atoms in total. The van der Waals surface area contributed by atoms with Crippen molar-refractivity contribution >= 4 is 34.7 Å². The number of aryl methyl sites for hydroxylation is 1. The third-order valence-corrected chi connectivity index (χ3v) is 5.69. The van der Waals surface area contributed by atoms with Crippen LogP contribution in [0, 0.1) is 6.92 Å². The standard InChI is InChI=1S/C14H17N3O2S2/c1-9-15-14(19-17-9)13-11(6-7-20-13)16-12(18)8-21-10-4-2-3-5-10/h6-7,10H,2-5,8H2,1H3,(H,16,18). The van der Waals surface area contributed by atoms with Gasteiger partial charge in [0, 0.05) is 5.25 Å². The molecule has 0 atom stereocenters. The molecule has 0 bridgehead atoms. The molecule has 0 aromatic carbocycles. The van der Waals surface area contributed by atoms with Gasteiger partial charge in [0.1, 0.15) is 4.88 Å². The van der Waals surface area contributed by atoms with Crippen LogP contribution >= 0.6 is 23.1 Å². The van der Waals surface area contributed by atoms with Crippen molar-refractivity contribution in [2.24, 2.45) is 0 Å². The van der Waals surface area contributed by atoms with Gasteiger partial charge >= 0.3 is 0 Å². The van der Waals surface area contributed by atoms with E-state index in [0.717, 1.165) is 10.6 Å². The number of nitrogens with one attached hydrogen (secondary N) is 1. The third kappa shape index (κ3) is 3.65. The van der Waals surface area contributed by atoms with Crippen LogP contribution in [-0.4, -0.2) is 27.1 Å². The quantitative estimate of drug-likeness (QED) is 0.908. The maximum Gasteiger partial charge on any atom is 0.270 e. The molecule has 1 saturated carbocycles. The van der Waals surface area contributed by atoms with Crippen molar-refractivity contribution in [3.63, 3.8) is 0 Å². The number of thioether (sulfide) groups is 1. The van der Waals surface area contributed by atoms with E-state index >= 15 is 0 Å². The van der Waals surface area contributed by atoms with E-state index in [0.29, 0.717) is 22.7 Å². The van der Waals surface area contributed by atoms with E-state index in [1.807, 2.05) is 11.4 Å². The molecule has 2 heterocycles. The van der Waals surface area contributed by atoms with Crippen LogP contribution in [0.15, 0.2) is 16.0 Å². The molecule has 112 valence electrons. The minimum Gasteiger partial charge on any atom is -0.333 e. The zero-order chi connectivity index (χ0) is 14.7. The summed E-state index contributed by atoms with van der Waals surface area (Å²) in [4.78, 5) is 17.1. The minimum absolute atomic E-state index is 0.0304. The normalized spacial score (nSPS) is 15.5. The first-order chi connectivity index (χ1) is 10.2. The molecule has 0 saturated heterocycles. The van der Waals surface area contributed by atoms with Crippen LogP contribution in [0.25, 0.3) is 10.8 Å². The lowest BCUT2D eigenvalue weighted by atomic mass is 10.4. The summed E-state index contributed by atoms with van der Waals surface area (Å²) in [6, 6.07) is 1.87. The molecule has 0 aliphatic heterocycles. The van der Waals surface area contributed by atoms with Crippen LogP contribution in [0.3, 0.4) is 0 Å². The van der Waals surface area contributed by atoms with Crippen molar-refractivity contribution in [3.8, 4) is 10.8 Å². The van der Waals surface area contributed by atoms with Crippen molar-refractivity contribution in [1.29, 1.82) is 0 Å². The molecule has 2 aromatic heterocycles. The van der Waals surface area contributed by atoms with Crippen LogP contribution < -0.4 is 5.32 Å². The van der Waals surface area contributed by atoms with Crippen LogP contribution in [0.5, 0.6) is 0 Å². The Morgan fingerprint density at radius 1 is 1.52 bits per heavy atom. The molecule has 1 fully saturated rings. The predicted octanol–water partition coefficient (Wildman–Crippen LogP) is 3.72. The number of thiophene rings is 1. The summed E-state index contributed by atoms with van der Waals surface area (Å²) in [5, 5.41) is 9.29. The summed E-state index contributed by atoms with van der Waals surface area (Å²) in [6.07, 6.45) is 5.07. The molecule has 1 aliphatic rings. The number of carbonyl (C=O) groups is 1. The Labute approximate surface area is 131 Å². The number of carbonyl (C=O) groups excluding carboxylic acids is 1. The van der Waals surface area contributed by atoms with E-state index < -0.39 is 0 Å². The van der Waals surface area contributed by atoms with E-state index in [-0.39, 0.29) is 5.91 Å². The Kier molecular flexibility index (Phi) is 4.60. The molecule has 0 radical (unpaired) electrons. The first kappa shape index (κ1) is 14.6. The number of hydrogen-bond donors (Lipinski definition) is 1. The van der Waals surface area contributed by atoms with Gasteiger partial charge in [-0.25, -0.2) is 0 Å². The van der Waals surface area contributed by atoms with Gasteiger partial charge in [-0.2, -0.15) is 4.98 Å². The smallest absolute Gasteiger partial charge is 0.270 e. The van der Waals surface area contributed by atoms with Gasteiger partial charge < -0.3 is 9.84 Å². The van der Waals surface area contributed by atoms with Crippen molar-refractivity contribution in [2.75, 3.05) is 11.1 Å². The van der Waals surface area contributed by atoms with Crippen molar-refractivity contribution in [3.05, 3.63) is 17.3 Å². The molecule has 1 N–H and O–H groups in total. The van der Waals surface area contributed by atoms with Crippen LogP contribution in [0.4, 0.5) is 5.69 Å². The van der Waals surface area contributed by atoms with Gasteiger partial charge in [0.25, 0.3) is 5.89 Å². The van der Waals surface area contributed by atoms with E-state index in [2.05, 4.69) is 15.5 Å². The predicted molar refractivity (Wildman–Crippen MR) is 85.7 cm³/mol. The lowest BCUT2D eigenvalue weighted by molar-refractivity contribution is -0.113. The number of hydrogen-bond acceptors (Lipinski definition) is 6. The highest BCUT2D eigenvalue weighted by molar-refractivity contribution is 8.00. The van der Waals surface area contributed by atoms with E-state index in [1.54, 1.807) is 18.7 Å². The fraction of sp³-hybridized carbons (Fsp3) is 0.500. The first-order valence-corrected chi connectivity index (χ1v) is 8.95. The summed E-state index contributed by atoms with van der Waals surface area (Å²) in [7, 11) is 0. The maximum atomic E-state index is 12.1. The van der Waals surface area contributed by atoms with Crippen LogP contribution in [0.2, 0.25) is 0 Å². The summed E-state index contributed by atoms with van der Waals surface area (Å²) in [6.45, 7) is 1.77. The average Bonchev–Trinajstić information content (AvgIpc) is 3.17. The Morgan fingerprint density at radius 3 is 3.05 bits per heavy atom. The Balaban J connectivity index is 1.60. The van der Waals surface area contributed by atoms with E-state index in [1.165, 1.54) is 37.0 Å². The topological polar surface area (TPSA) is 68.0 Å². The first-order valence-electron chi connectivity index (χ1n) is 7.02. The lowest BCUT2D eigenvalue weighted by Crippen LogP contribution is -2.15. The molecule has 0 spiro atoms. The largest absolute Gasteiger partial charge is 0.333 e. The van der Waals surface area contributed by atoms with Gasteiger partial charge in [-0.15, -0.1) is 23.1 Å². The summed E-state index contributed by atoms with van der Waals surface area (Å²) < 4.78 is 5.16. The van der Waals surface area contributed by atoms with Gasteiger partial charge in [0.05, 0.1) is 11.4 Å². The van der Waals surface area contributed by atoms with Gasteiger partial charge in [0.2, 0.25) is 5.91 Å². The highest BCUT2D eigenvalue weighted by atomic mass is 32.2. The SMILES string of the molecule is Cc1noc(-c2sccc2NC(=O)CSC2CCCC2)n1. The zero-order valence-corrected chi connectivity index (χ0v) is 13.4. The zero-order valence-electron chi connectivity index (χ0n) is 11.8. The van der Waals surface area contributed by atoms with Crippen LogP contribution in [-0.2, 0) is 4.79 Å². The van der Waals surface area contributed by atoms with Crippen LogP contribution in [0.1, 0.15) is 31.5 Å². The summed E-state index contributed by atoms with van der Waals surface area (Å²) in [5.41, 5.74) is 0.751. The van der Waals surface area contributed by atoms with E-state index in [9.17, 15) is 4.79 Å². The fourth-order valence-electron chi connectivity index (χ4n) is 2.40. The Bertz CT molecular complexity index is 617. The second-order valence-corrected chi connectivity index (χ2v) is 7.28. The number of anilines is 1. The summed E-state index contributed by atoms with van der Waals surface area (Å²) in [5.74, 6) is 1.58. The molecule has 2 aromatic rings. The number of amides is 1. The van der Waals surface area contributed by atoms with Gasteiger partial charge in [-0.3, -0.25) is 4.79 Å². The molecular formula is C14H17N3O2S2. The monoisotopic (exact) mass is 323 g/mol. The Morgan fingerprint density at radius 2 is 2.33 bits per heavy atom. The number of rotatable bonds is 5. The second-order valence-electron chi connectivity index (χ2n) is 5.08. The van der Waals surface area contributed by atoms with E-state index in [4.69, 9.17) is 4.52 Å². The molecule has 7 heteroatoms. The maximum absolute atomic E-state index is 12.1. The second kappa shape index (κ2) is 6.62. The van der Waals surface area contributed by atoms with Gasteiger partial charge in [-0.05, 0) is 31.2 Å². The number of nitrogens with zero attached hydrogens (tertiary/aromatic N) is 2. The van der Waals surface area contributed by atoms with Crippen molar-refractivity contribution in [2.45, 2.75) is 37.9 Å². The fourth-order valence-corrected chi connectivity index (χ4v) is 4.29. The molecule has 0 unspecified atom stereocenters. The molecular weight excluding hydrogens is 306 g/mol. The highest BCUT2D eigenvalue weighted by Gasteiger charge is 2.18. The average molecular weight is 323 g/mol. The minimum atomic E-state index is 0.0304. The number of aromatic nitrogens is 2. The Hall–Kier alpha value is -1.34. The molecule has 1 aliphatic carbocycles. The third-order valence-electron chi connectivity index (χ3n) is 3.41. The molecule has 3 rings (SSSR count). The lowest BCUT2D eigenvalue weighted by Gasteiger charge is -2.08. The summed E-state index contributed by atoms with van der Waals surface area (Å²) >= 11 is 3.24. The highest BCUT2D eigenvalue weighted by Crippen LogP contribution is 2.33.